The second-order valence-corrected chi connectivity index (χ2v) is 4.04. The van der Waals surface area contributed by atoms with Gasteiger partial charge in [0.05, 0.1) is 0 Å². The van der Waals surface area contributed by atoms with E-state index >= 15 is 0 Å². The summed E-state index contributed by atoms with van der Waals surface area (Å²) < 4.78 is 10.2. The maximum Gasteiger partial charge on any atom is 0.213 e. The molecule has 0 fully saturated rings. The average molecular weight is 254 g/mol. The first kappa shape index (κ1) is 11.9. The summed E-state index contributed by atoms with van der Waals surface area (Å²) in [6.07, 6.45) is 1.26. The van der Waals surface area contributed by atoms with Gasteiger partial charge in [-0.25, -0.2) is 0 Å². The van der Waals surface area contributed by atoms with Crippen molar-refractivity contribution in [2.75, 3.05) is 0 Å². The highest BCUT2D eigenvalue weighted by molar-refractivity contribution is 6.30. The van der Waals surface area contributed by atoms with Gasteiger partial charge in [0, 0.05) is 16.6 Å². The van der Waals surface area contributed by atoms with Crippen molar-refractivity contribution < 1.29 is 9.26 Å². The summed E-state index contributed by atoms with van der Waals surface area (Å²) in [5.41, 5.74) is 6.69. The predicted molar refractivity (Wildman–Crippen MR) is 62.7 cm³/mol. The number of ether oxygens (including phenoxy) is 1. The Hall–Kier alpha value is -1.59. The Kier molecular flexibility index (Phi) is 3.61. The lowest BCUT2D eigenvalue weighted by Gasteiger charge is -2.13. The Morgan fingerprint density at radius 3 is 3.00 bits per heavy atom. The quantitative estimate of drug-likeness (QED) is 0.905. The maximum atomic E-state index is 5.91. The molecule has 90 valence electrons. The maximum absolute atomic E-state index is 5.91. The number of halogens is 1. The van der Waals surface area contributed by atoms with Crippen molar-refractivity contribution in [1.82, 2.24) is 10.1 Å². The van der Waals surface area contributed by atoms with Crippen LogP contribution in [0.2, 0.25) is 5.02 Å². The molecule has 0 aliphatic rings. The number of nitrogens with two attached hydrogens (primary N) is 1. The molecule has 1 aromatic carbocycles. The lowest BCUT2D eigenvalue weighted by Crippen LogP contribution is -2.08. The molecule has 1 unspecified atom stereocenters. The molecular weight excluding hydrogens is 242 g/mol. The second kappa shape index (κ2) is 5.16. The van der Waals surface area contributed by atoms with Crippen LogP contribution < -0.4 is 10.5 Å². The highest BCUT2D eigenvalue weighted by Gasteiger charge is 2.10. The van der Waals surface area contributed by atoms with Crippen molar-refractivity contribution in [3.63, 3.8) is 0 Å². The van der Waals surface area contributed by atoms with Crippen molar-refractivity contribution in [2.24, 2.45) is 5.73 Å². The van der Waals surface area contributed by atoms with E-state index in [1.807, 2.05) is 6.92 Å². The molecule has 1 heterocycles. The molecule has 0 saturated carbocycles. The van der Waals surface area contributed by atoms with Gasteiger partial charge in [0.1, 0.15) is 5.75 Å². The standard InChI is InChI=1S/C11H12ClN3O2/c1-7(13)9-4-8(12)2-3-10(9)16-5-11-14-6-17-15-11/h2-4,6-7H,5,13H2,1H3. The highest BCUT2D eigenvalue weighted by atomic mass is 35.5. The van der Waals surface area contributed by atoms with Gasteiger partial charge in [-0.05, 0) is 25.1 Å². The molecule has 17 heavy (non-hydrogen) atoms. The van der Waals surface area contributed by atoms with Crippen LogP contribution in [0, 0.1) is 0 Å². The fourth-order valence-electron chi connectivity index (χ4n) is 1.40. The molecule has 6 heteroatoms. The lowest BCUT2D eigenvalue weighted by atomic mass is 10.1. The summed E-state index contributed by atoms with van der Waals surface area (Å²) in [4.78, 5) is 3.86. The summed E-state index contributed by atoms with van der Waals surface area (Å²) in [7, 11) is 0. The number of hydrogen-bond donors (Lipinski definition) is 1. The Bertz CT molecular complexity index is 485. The van der Waals surface area contributed by atoms with E-state index in [1.54, 1.807) is 18.2 Å². The molecule has 0 bridgehead atoms. The average Bonchev–Trinajstić information content (AvgIpc) is 2.80. The molecule has 0 aliphatic heterocycles. The van der Waals surface area contributed by atoms with Crippen LogP contribution in [-0.4, -0.2) is 10.1 Å². The molecule has 0 amide bonds. The van der Waals surface area contributed by atoms with Crippen LogP contribution in [-0.2, 0) is 6.61 Å². The Morgan fingerprint density at radius 2 is 2.35 bits per heavy atom. The first-order valence-corrected chi connectivity index (χ1v) is 5.47. The zero-order valence-corrected chi connectivity index (χ0v) is 10.0. The van der Waals surface area contributed by atoms with Gasteiger partial charge in [-0.3, -0.25) is 0 Å². The number of rotatable bonds is 4. The van der Waals surface area contributed by atoms with Gasteiger partial charge >= 0.3 is 0 Å². The van der Waals surface area contributed by atoms with E-state index < -0.39 is 0 Å². The van der Waals surface area contributed by atoms with Gasteiger partial charge in [0.25, 0.3) is 0 Å². The van der Waals surface area contributed by atoms with Gasteiger partial charge in [-0.1, -0.05) is 16.8 Å². The van der Waals surface area contributed by atoms with Crippen molar-refractivity contribution in [2.45, 2.75) is 19.6 Å². The number of hydrogen-bond acceptors (Lipinski definition) is 5. The van der Waals surface area contributed by atoms with E-state index in [2.05, 4.69) is 14.7 Å². The first-order valence-electron chi connectivity index (χ1n) is 5.10. The Balaban J connectivity index is 2.14. The molecule has 0 saturated heterocycles. The van der Waals surface area contributed by atoms with Crippen LogP contribution in [0.15, 0.2) is 29.1 Å². The van der Waals surface area contributed by atoms with Crippen LogP contribution in [0.4, 0.5) is 0 Å². The Labute approximate surface area is 104 Å². The number of aromatic nitrogens is 2. The highest BCUT2D eigenvalue weighted by Crippen LogP contribution is 2.27. The van der Waals surface area contributed by atoms with Gasteiger partial charge in [-0.2, -0.15) is 4.98 Å². The van der Waals surface area contributed by atoms with Crippen LogP contribution >= 0.6 is 11.6 Å². The van der Waals surface area contributed by atoms with Gasteiger partial charge in [-0.15, -0.1) is 0 Å². The summed E-state index contributed by atoms with van der Waals surface area (Å²) in [5, 5.41) is 4.28. The topological polar surface area (TPSA) is 74.2 Å². The molecule has 2 N–H and O–H groups in total. The zero-order valence-electron chi connectivity index (χ0n) is 9.26. The minimum absolute atomic E-state index is 0.158. The van der Waals surface area contributed by atoms with E-state index in [0.717, 1.165) is 5.56 Å². The van der Waals surface area contributed by atoms with E-state index in [9.17, 15) is 0 Å². The largest absolute Gasteiger partial charge is 0.485 e. The van der Waals surface area contributed by atoms with Crippen molar-refractivity contribution in [3.8, 4) is 5.75 Å². The van der Waals surface area contributed by atoms with Crippen LogP contribution in [0.5, 0.6) is 5.75 Å². The molecule has 0 radical (unpaired) electrons. The molecule has 0 spiro atoms. The smallest absolute Gasteiger partial charge is 0.213 e. The van der Waals surface area contributed by atoms with Gasteiger partial charge < -0.3 is 15.0 Å². The first-order chi connectivity index (χ1) is 8.16. The third-order valence-corrected chi connectivity index (χ3v) is 2.46. The zero-order chi connectivity index (χ0) is 12.3. The molecule has 1 aromatic heterocycles. The van der Waals surface area contributed by atoms with Crippen LogP contribution in [0.25, 0.3) is 0 Å². The van der Waals surface area contributed by atoms with Crippen LogP contribution in [0.3, 0.4) is 0 Å². The summed E-state index contributed by atoms with van der Waals surface area (Å²) in [6.45, 7) is 2.10. The summed E-state index contributed by atoms with van der Waals surface area (Å²) in [5.74, 6) is 1.16. The van der Waals surface area contributed by atoms with Gasteiger partial charge in [0.2, 0.25) is 12.2 Å². The molecular formula is C11H12ClN3O2. The third kappa shape index (κ3) is 2.95. The molecule has 0 aliphatic carbocycles. The van der Waals surface area contributed by atoms with Crippen LogP contribution in [0.1, 0.15) is 24.4 Å². The third-order valence-electron chi connectivity index (χ3n) is 2.23. The number of nitrogens with zero attached hydrogens (tertiary/aromatic N) is 2. The SMILES string of the molecule is CC(N)c1cc(Cl)ccc1OCc1ncon1. The van der Waals surface area contributed by atoms with Crippen molar-refractivity contribution in [3.05, 3.63) is 41.0 Å². The predicted octanol–water partition coefficient (Wildman–Crippen LogP) is 2.32. The van der Waals surface area contributed by atoms with Crippen molar-refractivity contribution in [1.29, 1.82) is 0 Å². The fourth-order valence-corrected chi connectivity index (χ4v) is 1.59. The summed E-state index contributed by atoms with van der Waals surface area (Å²) >= 11 is 5.91. The summed E-state index contributed by atoms with van der Waals surface area (Å²) in [6, 6.07) is 5.16. The Morgan fingerprint density at radius 1 is 1.53 bits per heavy atom. The minimum atomic E-state index is -0.158. The lowest BCUT2D eigenvalue weighted by molar-refractivity contribution is 0.282. The monoisotopic (exact) mass is 253 g/mol. The fraction of sp³-hybridized carbons (Fsp3) is 0.273. The second-order valence-electron chi connectivity index (χ2n) is 3.61. The molecule has 2 rings (SSSR count). The molecule has 5 nitrogen and oxygen atoms in total. The normalized spacial score (nSPS) is 12.4. The molecule has 2 aromatic rings. The van der Waals surface area contributed by atoms with E-state index in [-0.39, 0.29) is 12.6 Å². The van der Waals surface area contributed by atoms with E-state index in [4.69, 9.17) is 22.1 Å². The minimum Gasteiger partial charge on any atom is -0.485 e. The van der Waals surface area contributed by atoms with E-state index in [1.165, 1.54) is 6.39 Å². The van der Waals surface area contributed by atoms with Gasteiger partial charge in [0.15, 0.2) is 6.61 Å². The van der Waals surface area contributed by atoms with E-state index in [0.29, 0.717) is 16.6 Å². The molecule has 1 atom stereocenters. The van der Waals surface area contributed by atoms with Crippen molar-refractivity contribution >= 4 is 11.6 Å². The number of benzene rings is 1.